The third-order valence-corrected chi connectivity index (χ3v) is 4.72. The molecule has 0 radical (unpaired) electrons. The van der Waals surface area contributed by atoms with Crippen molar-refractivity contribution in [2.75, 3.05) is 6.54 Å². The zero-order chi connectivity index (χ0) is 25.0. The average Bonchev–Trinajstić information content (AvgIpc) is 2.75. The van der Waals surface area contributed by atoms with Gasteiger partial charge in [-0.3, -0.25) is 19.2 Å². The van der Waals surface area contributed by atoms with Crippen LogP contribution in [-0.2, 0) is 30.4 Å². The van der Waals surface area contributed by atoms with Crippen molar-refractivity contribution in [3.8, 4) is 0 Å². The molecule has 11 heteroatoms. The van der Waals surface area contributed by atoms with Crippen LogP contribution in [0.5, 0.6) is 0 Å². The van der Waals surface area contributed by atoms with Crippen molar-refractivity contribution in [3.63, 3.8) is 0 Å². The van der Waals surface area contributed by atoms with Gasteiger partial charge in [0.25, 0.3) is 0 Å². The first-order chi connectivity index (χ1) is 15.5. The van der Waals surface area contributed by atoms with Crippen LogP contribution in [0, 0.1) is 5.92 Å². The topological polar surface area (TPSA) is 188 Å². The minimum atomic E-state index is -1.44. The quantitative estimate of drug-likeness (QED) is 0.215. The molecule has 0 aromatic heterocycles. The molecular formula is C22H32N4O7. The van der Waals surface area contributed by atoms with E-state index < -0.39 is 54.2 Å². The molecule has 0 spiro atoms. The molecule has 0 aliphatic rings. The van der Waals surface area contributed by atoms with Crippen LogP contribution < -0.4 is 21.7 Å². The van der Waals surface area contributed by atoms with E-state index in [4.69, 9.17) is 10.8 Å². The van der Waals surface area contributed by atoms with E-state index >= 15 is 0 Å². The lowest BCUT2D eigenvalue weighted by atomic mass is 10.0. The maximum absolute atomic E-state index is 12.9. The molecule has 3 amide bonds. The van der Waals surface area contributed by atoms with E-state index in [0.29, 0.717) is 12.0 Å². The summed E-state index contributed by atoms with van der Waals surface area (Å²) in [5, 5.41) is 25.6. The number of amides is 3. The minimum absolute atomic E-state index is 0.0487. The van der Waals surface area contributed by atoms with Crippen LogP contribution in [0.15, 0.2) is 30.3 Å². The van der Waals surface area contributed by atoms with Crippen molar-refractivity contribution in [1.29, 1.82) is 0 Å². The number of carbonyl (C=O) groups is 5. The third kappa shape index (κ3) is 10.6. The van der Waals surface area contributed by atoms with E-state index in [0.717, 1.165) is 0 Å². The van der Waals surface area contributed by atoms with Gasteiger partial charge >= 0.3 is 11.9 Å². The van der Waals surface area contributed by atoms with Gasteiger partial charge in [-0.15, -0.1) is 0 Å². The van der Waals surface area contributed by atoms with Crippen molar-refractivity contribution >= 4 is 29.7 Å². The number of nitrogens with two attached hydrogens (primary N) is 1. The zero-order valence-electron chi connectivity index (χ0n) is 18.7. The Balaban J connectivity index is 3.07. The van der Waals surface area contributed by atoms with Gasteiger partial charge in [0, 0.05) is 12.8 Å². The SMILES string of the molecule is CC(C)CC(NC(=O)CN)C(=O)NC(Cc1ccccc1)C(=O)NC(CCC(=O)O)C(=O)O. The first kappa shape index (κ1) is 27.6. The van der Waals surface area contributed by atoms with Gasteiger partial charge in [0.1, 0.15) is 18.1 Å². The molecular weight excluding hydrogens is 432 g/mol. The Bertz CT molecular complexity index is 829. The molecule has 0 aliphatic heterocycles. The van der Waals surface area contributed by atoms with Crippen molar-refractivity contribution in [3.05, 3.63) is 35.9 Å². The molecule has 0 saturated carbocycles. The predicted molar refractivity (Wildman–Crippen MR) is 119 cm³/mol. The van der Waals surface area contributed by atoms with E-state index in [1.807, 2.05) is 13.8 Å². The molecule has 1 aromatic carbocycles. The zero-order valence-corrected chi connectivity index (χ0v) is 18.7. The Labute approximate surface area is 192 Å². The summed E-state index contributed by atoms with van der Waals surface area (Å²) in [6.45, 7) is 3.42. The fourth-order valence-electron chi connectivity index (χ4n) is 3.09. The number of carbonyl (C=O) groups excluding carboxylic acids is 3. The van der Waals surface area contributed by atoms with E-state index in [1.54, 1.807) is 30.3 Å². The van der Waals surface area contributed by atoms with E-state index in [-0.39, 0.29) is 25.3 Å². The Morgan fingerprint density at radius 3 is 1.97 bits per heavy atom. The molecule has 11 nitrogen and oxygen atoms in total. The molecule has 0 bridgehead atoms. The van der Waals surface area contributed by atoms with Crippen LogP contribution >= 0.6 is 0 Å². The lowest BCUT2D eigenvalue weighted by Crippen LogP contribution is -2.57. The Hall–Kier alpha value is -3.47. The lowest BCUT2D eigenvalue weighted by Gasteiger charge is -2.25. The molecule has 33 heavy (non-hydrogen) atoms. The van der Waals surface area contributed by atoms with Crippen LogP contribution in [0.1, 0.15) is 38.7 Å². The summed E-state index contributed by atoms with van der Waals surface area (Å²) in [5.74, 6) is -4.45. The van der Waals surface area contributed by atoms with Crippen LogP contribution in [0.2, 0.25) is 0 Å². The number of hydrogen-bond acceptors (Lipinski definition) is 6. The Morgan fingerprint density at radius 2 is 1.45 bits per heavy atom. The van der Waals surface area contributed by atoms with E-state index in [1.165, 1.54) is 0 Å². The van der Waals surface area contributed by atoms with E-state index in [9.17, 15) is 29.1 Å². The molecule has 1 aromatic rings. The average molecular weight is 465 g/mol. The molecule has 182 valence electrons. The monoisotopic (exact) mass is 464 g/mol. The highest BCUT2D eigenvalue weighted by Gasteiger charge is 2.30. The number of benzene rings is 1. The van der Waals surface area contributed by atoms with Crippen LogP contribution in [0.3, 0.4) is 0 Å². The molecule has 7 N–H and O–H groups in total. The third-order valence-electron chi connectivity index (χ3n) is 4.72. The summed E-state index contributed by atoms with van der Waals surface area (Å²) in [6, 6.07) is 5.24. The Kier molecular flexibility index (Phi) is 11.6. The smallest absolute Gasteiger partial charge is 0.326 e. The van der Waals surface area contributed by atoms with Crippen LogP contribution in [0.25, 0.3) is 0 Å². The van der Waals surface area contributed by atoms with E-state index in [2.05, 4.69) is 16.0 Å². The van der Waals surface area contributed by atoms with Gasteiger partial charge in [0.15, 0.2) is 0 Å². The summed E-state index contributed by atoms with van der Waals surface area (Å²) in [4.78, 5) is 59.9. The first-order valence-corrected chi connectivity index (χ1v) is 10.6. The molecule has 1 rings (SSSR count). The summed E-state index contributed by atoms with van der Waals surface area (Å²) in [5.41, 5.74) is 6.04. The van der Waals surface area contributed by atoms with Gasteiger partial charge in [-0.1, -0.05) is 44.2 Å². The highest BCUT2D eigenvalue weighted by molar-refractivity contribution is 5.93. The van der Waals surface area contributed by atoms with Crippen molar-refractivity contribution in [2.24, 2.45) is 11.7 Å². The number of carboxylic acids is 2. The second kappa shape index (κ2) is 13.8. The van der Waals surface area contributed by atoms with Gasteiger partial charge in [0.2, 0.25) is 17.7 Å². The fourth-order valence-corrected chi connectivity index (χ4v) is 3.09. The van der Waals surface area contributed by atoms with Crippen molar-refractivity contribution in [1.82, 2.24) is 16.0 Å². The number of carboxylic acid groups (broad SMARTS) is 2. The van der Waals surface area contributed by atoms with Gasteiger partial charge in [0.05, 0.1) is 6.54 Å². The number of hydrogen-bond donors (Lipinski definition) is 6. The molecule has 0 heterocycles. The molecule has 0 saturated heterocycles. The molecule has 0 fully saturated rings. The first-order valence-electron chi connectivity index (χ1n) is 10.6. The van der Waals surface area contributed by atoms with Gasteiger partial charge in [-0.2, -0.15) is 0 Å². The maximum atomic E-state index is 12.9. The molecule has 0 aliphatic carbocycles. The van der Waals surface area contributed by atoms with Crippen molar-refractivity contribution in [2.45, 2.75) is 57.7 Å². The summed E-state index contributed by atoms with van der Waals surface area (Å²) in [6.07, 6.45) is -0.407. The summed E-state index contributed by atoms with van der Waals surface area (Å²) < 4.78 is 0. The maximum Gasteiger partial charge on any atom is 0.326 e. The fraction of sp³-hybridized carbons (Fsp3) is 0.500. The summed E-state index contributed by atoms with van der Waals surface area (Å²) >= 11 is 0. The largest absolute Gasteiger partial charge is 0.481 e. The van der Waals surface area contributed by atoms with Gasteiger partial charge < -0.3 is 31.9 Å². The lowest BCUT2D eigenvalue weighted by molar-refractivity contribution is -0.143. The van der Waals surface area contributed by atoms with Gasteiger partial charge in [-0.25, -0.2) is 4.79 Å². The molecule has 3 unspecified atom stereocenters. The number of nitrogens with one attached hydrogen (secondary N) is 3. The summed E-state index contributed by atoms with van der Waals surface area (Å²) in [7, 11) is 0. The van der Waals surface area contributed by atoms with Crippen LogP contribution in [-0.4, -0.2) is 64.5 Å². The second-order valence-corrected chi connectivity index (χ2v) is 8.04. The molecule has 3 atom stereocenters. The minimum Gasteiger partial charge on any atom is -0.481 e. The predicted octanol–water partition coefficient (Wildman–Crippen LogP) is -0.362. The number of rotatable bonds is 14. The highest BCUT2D eigenvalue weighted by atomic mass is 16.4. The highest BCUT2D eigenvalue weighted by Crippen LogP contribution is 2.09. The second-order valence-electron chi connectivity index (χ2n) is 8.04. The van der Waals surface area contributed by atoms with Crippen molar-refractivity contribution < 1.29 is 34.2 Å². The van der Waals surface area contributed by atoms with Crippen LogP contribution in [0.4, 0.5) is 0 Å². The number of aliphatic carboxylic acids is 2. The normalized spacial score (nSPS) is 13.5. The standard InChI is InChI=1S/C22H32N4O7/c1-13(2)10-16(24-18(27)12-23)20(30)26-17(11-14-6-4-3-5-7-14)21(31)25-15(22(32)33)8-9-19(28)29/h3-7,13,15-17H,8-12,23H2,1-2H3,(H,24,27)(H,25,31)(H,26,30)(H,28,29)(H,32,33). The van der Waals surface area contributed by atoms with Gasteiger partial charge in [-0.05, 0) is 24.3 Å². The Morgan fingerprint density at radius 1 is 0.879 bits per heavy atom.